The molecule has 2 N–H and O–H groups in total. The molecule has 0 aromatic carbocycles. The highest BCUT2D eigenvalue weighted by molar-refractivity contribution is 5.83. The Morgan fingerprint density at radius 1 is 1.03 bits per heavy atom. The van der Waals surface area contributed by atoms with Gasteiger partial charge in [-0.2, -0.15) is 0 Å². The Balaban J connectivity index is 1.23. The van der Waals surface area contributed by atoms with Gasteiger partial charge in [-0.3, -0.25) is 0 Å². The van der Waals surface area contributed by atoms with E-state index in [1.54, 1.807) is 6.08 Å². The van der Waals surface area contributed by atoms with Crippen molar-refractivity contribution in [3.63, 3.8) is 0 Å². The van der Waals surface area contributed by atoms with Gasteiger partial charge in [0.1, 0.15) is 12.2 Å². The summed E-state index contributed by atoms with van der Waals surface area (Å²) in [5.74, 6) is -1.29. The highest BCUT2D eigenvalue weighted by atomic mass is 16.7. The number of carbonyl (C=O) groups is 1. The van der Waals surface area contributed by atoms with Crippen molar-refractivity contribution >= 4 is 5.97 Å². The summed E-state index contributed by atoms with van der Waals surface area (Å²) in [5.41, 5.74) is 0. The molecule has 34 heavy (non-hydrogen) atoms. The molecule has 1 spiro atoms. The van der Waals surface area contributed by atoms with Crippen LogP contribution in [-0.2, 0) is 19.0 Å². The van der Waals surface area contributed by atoms with E-state index in [1.807, 2.05) is 0 Å². The smallest absolute Gasteiger partial charge is 0.330 e. The predicted octanol–water partition coefficient (Wildman–Crippen LogP) is 5.50. The zero-order valence-electron chi connectivity index (χ0n) is 21.0. The lowest BCUT2D eigenvalue weighted by Crippen LogP contribution is -2.47. The quantitative estimate of drug-likeness (QED) is 0.184. The van der Waals surface area contributed by atoms with E-state index in [2.05, 4.69) is 19.1 Å². The van der Waals surface area contributed by atoms with Crippen molar-refractivity contribution in [1.82, 2.24) is 0 Å². The monoisotopic (exact) mass is 478 g/mol. The summed E-state index contributed by atoms with van der Waals surface area (Å²) in [7, 11) is 0. The fourth-order valence-corrected chi connectivity index (χ4v) is 5.51. The Bertz CT molecular complexity index is 661. The molecule has 6 atom stereocenters. The van der Waals surface area contributed by atoms with E-state index >= 15 is 0 Å². The molecule has 0 amide bonds. The number of ether oxygens (including phenoxy) is 3. The fraction of sp³-hybridized carbons (Fsp3) is 0.821. The average molecular weight is 479 g/mol. The van der Waals surface area contributed by atoms with E-state index in [9.17, 15) is 15.0 Å². The van der Waals surface area contributed by atoms with Gasteiger partial charge in [0, 0.05) is 18.9 Å². The van der Waals surface area contributed by atoms with Gasteiger partial charge in [-0.25, -0.2) is 4.79 Å². The van der Waals surface area contributed by atoms with Gasteiger partial charge in [0.15, 0.2) is 5.79 Å². The van der Waals surface area contributed by atoms with Gasteiger partial charge in [0.2, 0.25) is 0 Å². The van der Waals surface area contributed by atoms with Crippen molar-refractivity contribution in [2.75, 3.05) is 0 Å². The second kappa shape index (κ2) is 14.4. The number of carbonyl (C=O) groups excluding carboxylic acids is 1. The first-order valence-electron chi connectivity index (χ1n) is 13.8. The summed E-state index contributed by atoms with van der Waals surface area (Å²) in [4.78, 5) is 11.5. The van der Waals surface area contributed by atoms with E-state index in [1.165, 1.54) is 57.4 Å². The van der Waals surface area contributed by atoms with Gasteiger partial charge in [-0.15, -0.1) is 0 Å². The Hall–Kier alpha value is -1.21. The molecule has 6 heteroatoms. The van der Waals surface area contributed by atoms with Crippen LogP contribution in [-0.4, -0.2) is 52.5 Å². The molecule has 2 fully saturated rings. The van der Waals surface area contributed by atoms with Crippen LogP contribution in [0.25, 0.3) is 0 Å². The number of hydrogen-bond donors (Lipinski definition) is 2. The van der Waals surface area contributed by atoms with E-state index in [0.717, 1.165) is 25.7 Å². The van der Waals surface area contributed by atoms with Crippen molar-refractivity contribution < 1.29 is 29.2 Å². The third kappa shape index (κ3) is 9.10. The Morgan fingerprint density at radius 2 is 1.74 bits per heavy atom. The summed E-state index contributed by atoms with van der Waals surface area (Å²) in [5, 5.41) is 21.0. The van der Waals surface area contributed by atoms with Crippen molar-refractivity contribution in [1.29, 1.82) is 0 Å². The van der Waals surface area contributed by atoms with Crippen LogP contribution in [0.5, 0.6) is 0 Å². The first-order chi connectivity index (χ1) is 16.5. The number of aliphatic hydroxyl groups excluding tert-OH is 2. The zero-order valence-corrected chi connectivity index (χ0v) is 21.0. The number of rotatable bonds is 15. The normalized spacial score (nSPS) is 31.8. The third-order valence-electron chi connectivity index (χ3n) is 7.23. The summed E-state index contributed by atoms with van der Waals surface area (Å²) in [6.07, 6.45) is 22.0. The van der Waals surface area contributed by atoms with E-state index in [0.29, 0.717) is 25.7 Å². The van der Waals surface area contributed by atoms with Gasteiger partial charge in [-0.05, 0) is 44.6 Å². The summed E-state index contributed by atoms with van der Waals surface area (Å²) < 4.78 is 17.7. The molecule has 3 aliphatic rings. The van der Waals surface area contributed by atoms with Crippen LogP contribution in [0.1, 0.15) is 110 Å². The molecule has 0 aromatic rings. The highest BCUT2D eigenvalue weighted by Crippen LogP contribution is 2.44. The molecule has 0 radical (unpaired) electrons. The minimum Gasteiger partial charge on any atom is -0.456 e. The van der Waals surface area contributed by atoms with Crippen molar-refractivity contribution in [3.05, 3.63) is 24.3 Å². The van der Waals surface area contributed by atoms with Crippen LogP contribution in [0.15, 0.2) is 24.3 Å². The maximum Gasteiger partial charge on any atom is 0.330 e. The lowest BCUT2D eigenvalue weighted by atomic mass is 9.92. The number of allylic oxidation sites excluding steroid dienone is 2. The molecule has 194 valence electrons. The fourth-order valence-electron chi connectivity index (χ4n) is 5.51. The summed E-state index contributed by atoms with van der Waals surface area (Å²) >= 11 is 0. The van der Waals surface area contributed by atoms with E-state index < -0.39 is 18.0 Å². The van der Waals surface area contributed by atoms with Gasteiger partial charge in [0.05, 0.1) is 18.3 Å². The van der Waals surface area contributed by atoms with E-state index in [4.69, 9.17) is 14.2 Å². The SMILES string of the molecule is CCC=CCCCCCCCCCCC[C@H](O)C[C@H]1C[C@H](O)C[C@@]2(C[C@@H]3OC(=O)C=C[C@@H]3O2)O1. The van der Waals surface area contributed by atoms with Gasteiger partial charge < -0.3 is 24.4 Å². The number of unbranched alkanes of at least 4 members (excludes halogenated alkanes) is 9. The molecule has 0 bridgehead atoms. The van der Waals surface area contributed by atoms with Crippen LogP contribution in [0.3, 0.4) is 0 Å². The number of aliphatic hydroxyl groups is 2. The van der Waals surface area contributed by atoms with Crippen LogP contribution >= 0.6 is 0 Å². The predicted molar refractivity (Wildman–Crippen MR) is 132 cm³/mol. The first kappa shape index (κ1) is 27.4. The summed E-state index contributed by atoms with van der Waals surface area (Å²) in [6, 6.07) is 0. The van der Waals surface area contributed by atoms with Gasteiger partial charge in [-0.1, -0.05) is 70.4 Å². The molecule has 0 aromatic heterocycles. The van der Waals surface area contributed by atoms with Gasteiger partial charge in [0.25, 0.3) is 0 Å². The van der Waals surface area contributed by atoms with Crippen molar-refractivity contribution in [2.45, 2.75) is 146 Å². The molecule has 3 rings (SSSR count). The zero-order chi connectivity index (χ0) is 24.2. The largest absolute Gasteiger partial charge is 0.456 e. The minimum atomic E-state index is -0.932. The summed E-state index contributed by atoms with van der Waals surface area (Å²) in [6.45, 7) is 2.18. The maximum atomic E-state index is 11.5. The molecule has 3 heterocycles. The van der Waals surface area contributed by atoms with Crippen LogP contribution in [0.2, 0.25) is 0 Å². The molecule has 3 aliphatic heterocycles. The highest BCUT2D eigenvalue weighted by Gasteiger charge is 2.53. The van der Waals surface area contributed by atoms with Gasteiger partial charge >= 0.3 is 5.97 Å². The second-order valence-corrected chi connectivity index (χ2v) is 10.4. The molecule has 2 saturated heterocycles. The molecular weight excluding hydrogens is 432 g/mol. The van der Waals surface area contributed by atoms with Crippen molar-refractivity contribution in [2.24, 2.45) is 0 Å². The number of fused-ring (bicyclic) bond motifs is 1. The molecule has 6 nitrogen and oxygen atoms in total. The molecule has 0 aliphatic carbocycles. The maximum absolute atomic E-state index is 11.5. The average Bonchev–Trinajstić information content (AvgIpc) is 3.12. The van der Waals surface area contributed by atoms with Crippen LogP contribution in [0, 0.1) is 0 Å². The van der Waals surface area contributed by atoms with Crippen LogP contribution < -0.4 is 0 Å². The minimum absolute atomic E-state index is 0.254. The lowest BCUT2D eigenvalue weighted by molar-refractivity contribution is -0.285. The first-order valence-corrected chi connectivity index (χ1v) is 13.8. The second-order valence-electron chi connectivity index (χ2n) is 10.4. The molecule has 0 unspecified atom stereocenters. The van der Waals surface area contributed by atoms with Crippen molar-refractivity contribution in [3.8, 4) is 0 Å². The Labute approximate surface area is 205 Å². The number of hydrogen-bond acceptors (Lipinski definition) is 6. The lowest BCUT2D eigenvalue weighted by Gasteiger charge is -2.40. The molecular formula is C28H46O6. The Morgan fingerprint density at radius 3 is 2.47 bits per heavy atom. The topological polar surface area (TPSA) is 85.2 Å². The number of esters is 1. The Kier molecular flexibility index (Phi) is 11.6. The third-order valence-corrected chi connectivity index (χ3v) is 7.23. The van der Waals surface area contributed by atoms with E-state index in [-0.39, 0.29) is 24.3 Å². The standard InChI is InChI=1S/C28H46O6/c1-2-3-4-5-6-7-8-9-10-11-12-13-14-15-22(29)18-24-19-23(30)20-28(33-24)21-26-25(34-28)16-17-27(31)32-26/h3-4,16-17,22-26,29-30H,2,5-15,18-21H2,1H3/t22-,23-,24-,25-,26-,28+/m0/s1. The van der Waals surface area contributed by atoms with Crippen LogP contribution in [0.4, 0.5) is 0 Å². The molecule has 0 saturated carbocycles.